The second-order valence-corrected chi connectivity index (χ2v) is 5.90. The molecule has 0 aliphatic heterocycles. The van der Waals surface area contributed by atoms with Gasteiger partial charge in [-0.05, 0) is 49.7 Å². The zero-order valence-corrected chi connectivity index (χ0v) is 10.7. The van der Waals surface area contributed by atoms with Gasteiger partial charge in [0, 0.05) is 11.7 Å². The van der Waals surface area contributed by atoms with E-state index in [0.717, 1.165) is 0 Å². The Morgan fingerprint density at radius 1 is 1.12 bits per heavy atom. The minimum Gasteiger partial charge on any atom is -0.382 e. The van der Waals surface area contributed by atoms with Gasteiger partial charge < -0.3 is 5.32 Å². The van der Waals surface area contributed by atoms with Gasteiger partial charge in [-0.1, -0.05) is 32.0 Å². The van der Waals surface area contributed by atoms with Crippen LogP contribution in [0.4, 0.5) is 5.69 Å². The highest BCUT2D eigenvalue weighted by Gasteiger charge is 2.26. The number of rotatable bonds is 2. The average molecular weight is 217 g/mol. The van der Waals surface area contributed by atoms with Crippen molar-refractivity contribution < 1.29 is 0 Å². The quantitative estimate of drug-likeness (QED) is 0.775. The van der Waals surface area contributed by atoms with Gasteiger partial charge >= 0.3 is 0 Å². The Balaban J connectivity index is 1.95. The van der Waals surface area contributed by atoms with Gasteiger partial charge in [-0.3, -0.25) is 0 Å². The lowest BCUT2D eigenvalue weighted by Crippen LogP contribution is -2.30. The molecule has 0 bridgehead atoms. The molecular formula is C15H23N. The molecule has 1 fully saturated rings. The molecule has 0 aromatic heterocycles. The third-order valence-electron chi connectivity index (χ3n) is 3.84. The fourth-order valence-corrected chi connectivity index (χ4v) is 2.50. The first-order valence-electron chi connectivity index (χ1n) is 6.39. The van der Waals surface area contributed by atoms with Gasteiger partial charge in [0.25, 0.3) is 0 Å². The summed E-state index contributed by atoms with van der Waals surface area (Å²) in [6, 6.07) is 9.26. The molecule has 0 unspecified atom stereocenters. The SMILES string of the molecule is Cc1ccccc1NC1CCC(C)(C)CC1. The molecule has 2 rings (SSSR count). The molecule has 1 aromatic rings. The van der Waals surface area contributed by atoms with Crippen LogP contribution in [-0.4, -0.2) is 6.04 Å². The molecule has 1 aliphatic rings. The Bertz CT molecular complexity index is 344. The summed E-state index contributed by atoms with van der Waals surface area (Å²) in [5.41, 5.74) is 3.23. The van der Waals surface area contributed by atoms with E-state index in [0.29, 0.717) is 11.5 Å². The molecule has 0 radical (unpaired) electrons. The Morgan fingerprint density at radius 2 is 1.75 bits per heavy atom. The van der Waals surface area contributed by atoms with E-state index in [-0.39, 0.29) is 0 Å². The first kappa shape index (κ1) is 11.5. The third-order valence-corrected chi connectivity index (χ3v) is 3.84. The monoisotopic (exact) mass is 217 g/mol. The summed E-state index contributed by atoms with van der Waals surface area (Å²) in [7, 11) is 0. The van der Waals surface area contributed by atoms with Crippen LogP contribution < -0.4 is 5.32 Å². The van der Waals surface area contributed by atoms with Crippen molar-refractivity contribution in [3.63, 3.8) is 0 Å². The summed E-state index contributed by atoms with van der Waals surface area (Å²) in [6.45, 7) is 6.95. The van der Waals surface area contributed by atoms with Crippen LogP contribution in [0.2, 0.25) is 0 Å². The molecule has 0 atom stereocenters. The minimum atomic E-state index is 0.559. The highest BCUT2D eigenvalue weighted by molar-refractivity contribution is 5.50. The lowest BCUT2D eigenvalue weighted by atomic mass is 9.75. The molecule has 1 N–H and O–H groups in total. The molecule has 1 nitrogen and oxygen atoms in total. The lowest BCUT2D eigenvalue weighted by Gasteiger charge is -2.35. The van der Waals surface area contributed by atoms with Crippen molar-refractivity contribution >= 4 is 5.69 Å². The predicted octanol–water partition coefficient (Wildman–Crippen LogP) is 4.38. The molecule has 1 heteroatoms. The zero-order valence-electron chi connectivity index (χ0n) is 10.7. The van der Waals surface area contributed by atoms with E-state index in [9.17, 15) is 0 Å². The van der Waals surface area contributed by atoms with E-state index in [1.165, 1.54) is 36.9 Å². The van der Waals surface area contributed by atoms with Crippen molar-refractivity contribution in [3.8, 4) is 0 Å². The van der Waals surface area contributed by atoms with E-state index in [1.807, 2.05) is 0 Å². The normalized spacial score (nSPS) is 20.7. The van der Waals surface area contributed by atoms with E-state index in [4.69, 9.17) is 0 Å². The third kappa shape index (κ3) is 2.78. The summed E-state index contributed by atoms with van der Waals surface area (Å²) in [4.78, 5) is 0. The van der Waals surface area contributed by atoms with Crippen LogP contribution in [0.5, 0.6) is 0 Å². The molecule has 16 heavy (non-hydrogen) atoms. The van der Waals surface area contributed by atoms with Crippen LogP contribution in [-0.2, 0) is 0 Å². The number of benzene rings is 1. The van der Waals surface area contributed by atoms with Crippen molar-refractivity contribution in [2.75, 3.05) is 5.32 Å². The Hall–Kier alpha value is -0.980. The topological polar surface area (TPSA) is 12.0 Å². The maximum Gasteiger partial charge on any atom is 0.0372 e. The summed E-state index contributed by atoms with van der Waals surface area (Å²) < 4.78 is 0. The van der Waals surface area contributed by atoms with Gasteiger partial charge in [-0.2, -0.15) is 0 Å². The van der Waals surface area contributed by atoms with Gasteiger partial charge in [0.05, 0.1) is 0 Å². The smallest absolute Gasteiger partial charge is 0.0372 e. The summed E-state index contributed by atoms with van der Waals surface area (Å²) in [5, 5.41) is 3.69. The Morgan fingerprint density at radius 3 is 2.38 bits per heavy atom. The number of para-hydroxylation sites is 1. The number of anilines is 1. The lowest BCUT2D eigenvalue weighted by molar-refractivity contribution is 0.232. The fraction of sp³-hybridized carbons (Fsp3) is 0.600. The van der Waals surface area contributed by atoms with Crippen LogP contribution in [0.3, 0.4) is 0 Å². The fourth-order valence-electron chi connectivity index (χ4n) is 2.50. The minimum absolute atomic E-state index is 0.559. The molecule has 1 saturated carbocycles. The van der Waals surface area contributed by atoms with E-state index >= 15 is 0 Å². The summed E-state index contributed by atoms with van der Waals surface area (Å²) in [5.74, 6) is 0. The number of hydrogen-bond donors (Lipinski definition) is 1. The molecule has 1 aromatic carbocycles. The van der Waals surface area contributed by atoms with Crippen LogP contribution in [0.15, 0.2) is 24.3 Å². The highest BCUT2D eigenvalue weighted by Crippen LogP contribution is 2.36. The average Bonchev–Trinajstić information content (AvgIpc) is 2.24. The molecular weight excluding hydrogens is 194 g/mol. The first-order chi connectivity index (χ1) is 7.57. The second kappa shape index (κ2) is 4.48. The number of nitrogens with one attached hydrogen (secondary N) is 1. The molecule has 88 valence electrons. The zero-order chi connectivity index (χ0) is 11.6. The number of aryl methyl sites for hydroxylation is 1. The van der Waals surface area contributed by atoms with Crippen LogP contribution in [0, 0.1) is 12.3 Å². The predicted molar refractivity (Wildman–Crippen MR) is 70.8 cm³/mol. The van der Waals surface area contributed by atoms with Gasteiger partial charge in [0.2, 0.25) is 0 Å². The number of hydrogen-bond acceptors (Lipinski definition) is 1. The highest BCUT2D eigenvalue weighted by atomic mass is 14.9. The maximum absolute atomic E-state index is 3.69. The van der Waals surface area contributed by atoms with Gasteiger partial charge in [0.1, 0.15) is 0 Å². The van der Waals surface area contributed by atoms with Crippen molar-refractivity contribution in [2.24, 2.45) is 5.41 Å². The molecule has 0 spiro atoms. The van der Waals surface area contributed by atoms with E-state index in [1.54, 1.807) is 0 Å². The van der Waals surface area contributed by atoms with Gasteiger partial charge in [0.15, 0.2) is 0 Å². The molecule has 0 saturated heterocycles. The van der Waals surface area contributed by atoms with Crippen molar-refractivity contribution in [3.05, 3.63) is 29.8 Å². The molecule has 0 amide bonds. The van der Waals surface area contributed by atoms with Gasteiger partial charge in [-0.25, -0.2) is 0 Å². The first-order valence-corrected chi connectivity index (χ1v) is 6.39. The second-order valence-electron chi connectivity index (χ2n) is 5.90. The van der Waals surface area contributed by atoms with Crippen molar-refractivity contribution in [1.29, 1.82) is 0 Å². The maximum atomic E-state index is 3.69. The van der Waals surface area contributed by atoms with Crippen molar-refractivity contribution in [2.45, 2.75) is 52.5 Å². The van der Waals surface area contributed by atoms with E-state index in [2.05, 4.69) is 50.4 Å². The Labute approximate surface area is 99.3 Å². The molecule has 0 heterocycles. The van der Waals surface area contributed by atoms with Crippen LogP contribution >= 0.6 is 0 Å². The largest absolute Gasteiger partial charge is 0.382 e. The summed E-state index contributed by atoms with van der Waals surface area (Å²) in [6.07, 6.45) is 5.30. The van der Waals surface area contributed by atoms with Crippen LogP contribution in [0.1, 0.15) is 45.1 Å². The van der Waals surface area contributed by atoms with Gasteiger partial charge in [-0.15, -0.1) is 0 Å². The standard InChI is InChI=1S/C15H23N/c1-12-6-4-5-7-14(12)16-13-8-10-15(2,3)11-9-13/h4-7,13,16H,8-11H2,1-3H3. The molecule has 1 aliphatic carbocycles. The summed E-state index contributed by atoms with van der Waals surface area (Å²) >= 11 is 0. The van der Waals surface area contributed by atoms with E-state index < -0.39 is 0 Å². The van der Waals surface area contributed by atoms with Crippen molar-refractivity contribution in [1.82, 2.24) is 0 Å². The van der Waals surface area contributed by atoms with Crippen LogP contribution in [0.25, 0.3) is 0 Å². The Kier molecular flexibility index (Phi) is 3.22.